The summed E-state index contributed by atoms with van der Waals surface area (Å²) < 4.78 is 0. The summed E-state index contributed by atoms with van der Waals surface area (Å²) in [6.45, 7) is 0. The van der Waals surface area contributed by atoms with Crippen molar-refractivity contribution in [2.24, 2.45) is 35.5 Å². The second-order valence-corrected chi connectivity index (χ2v) is 7.16. The lowest BCUT2D eigenvalue weighted by Gasteiger charge is -2.30. The maximum Gasteiger partial charge on any atom is 0.308 e. The monoisotopic (exact) mass is 263 g/mol. The molecule has 0 aromatic heterocycles. The van der Waals surface area contributed by atoms with Gasteiger partial charge in [-0.3, -0.25) is 9.59 Å². The van der Waals surface area contributed by atoms with Gasteiger partial charge in [0.25, 0.3) is 0 Å². The molecule has 19 heavy (non-hydrogen) atoms. The quantitative estimate of drug-likeness (QED) is 0.813. The Bertz CT molecular complexity index is 425. The lowest BCUT2D eigenvalue weighted by molar-refractivity contribution is -0.145. The van der Waals surface area contributed by atoms with Crippen LogP contribution in [0.4, 0.5) is 0 Å². The van der Waals surface area contributed by atoms with Gasteiger partial charge < -0.3 is 10.4 Å². The molecule has 0 aromatic carbocycles. The Morgan fingerprint density at radius 1 is 0.895 bits per heavy atom. The molecule has 6 unspecified atom stereocenters. The molecule has 0 spiro atoms. The predicted molar refractivity (Wildman–Crippen MR) is 68.2 cm³/mol. The number of rotatable bonds is 3. The van der Waals surface area contributed by atoms with Gasteiger partial charge in [0.05, 0.1) is 5.92 Å². The number of fused-ring (bicyclic) bond motifs is 3. The van der Waals surface area contributed by atoms with E-state index in [1.54, 1.807) is 0 Å². The van der Waals surface area contributed by atoms with E-state index in [1.165, 1.54) is 6.42 Å². The van der Waals surface area contributed by atoms with Crippen LogP contribution in [0.2, 0.25) is 0 Å². The molecule has 4 rings (SSSR count). The third-order valence-electron chi connectivity index (χ3n) is 6.12. The zero-order valence-corrected chi connectivity index (χ0v) is 11.0. The highest BCUT2D eigenvalue weighted by molar-refractivity contribution is 5.81. The Balaban J connectivity index is 1.43. The van der Waals surface area contributed by atoms with E-state index in [0.29, 0.717) is 11.8 Å². The topological polar surface area (TPSA) is 66.4 Å². The van der Waals surface area contributed by atoms with Crippen molar-refractivity contribution in [3.05, 3.63) is 0 Å². The van der Waals surface area contributed by atoms with Gasteiger partial charge in [-0.05, 0) is 62.2 Å². The number of hydrogen-bond donors (Lipinski definition) is 2. The number of carboxylic acids is 1. The van der Waals surface area contributed by atoms with Gasteiger partial charge in [-0.1, -0.05) is 0 Å². The normalized spacial score (nSPS) is 50.0. The van der Waals surface area contributed by atoms with Gasteiger partial charge in [0.15, 0.2) is 0 Å². The third-order valence-corrected chi connectivity index (χ3v) is 6.12. The average molecular weight is 263 g/mol. The van der Waals surface area contributed by atoms with Crippen molar-refractivity contribution in [3.63, 3.8) is 0 Å². The Hall–Kier alpha value is -1.06. The average Bonchev–Trinajstić information content (AvgIpc) is 2.81. The number of carbonyl (C=O) groups excluding carboxylic acids is 1. The first-order chi connectivity index (χ1) is 9.13. The van der Waals surface area contributed by atoms with Crippen LogP contribution in [0.1, 0.15) is 38.5 Å². The summed E-state index contributed by atoms with van der Waals surface area (Å²) in [6, 6.07) is -0.0966. The van der Waals surface area contributed by atoms with Crippen molar-refractivity contribution >= 4 is 11.9 Å². The van der Waals surface area contributed by atoms with Crippen molar-refractivity contribution in [2.45, 2.75) is 44.6 Å². The van der Waals surface area contributed by atoms with Crippen molar-refractivity contribution in [1.29, 1.82) is 0 Å². The van der Waals surface area contributed by atoms with E-state index in [-0.39, 0.29) is 23.8 Å². The molecule has 4 nitrogen and oxygen atoms in total. The summed E-state index contributed by atoms with van der Waals surface area (Å²) in [4.78, 5) is 23.7. The molecule has 4 saturated carbocycles. The van der Waals surface area contributed by atoms with Crippen molar-refractivity contribution in [3.8, 4) is 0 Å². The van der Waals surface area contributed by atoms with E-state index >= 15 is 0 Å². The summed E-state index contributed by atoms with van der Waals surface area (Å²) in [7, 11) is 0. The molecule has 0 aromatic rings. The molecule has 4 aliphatic carbocycles. The van der Waals surface area contributed by atoms with Crippen LogP contribution in [0.3, 0.4) is 0 Å². The van der Waals surface area contributed by atoms with E-state index in [2.05, 4.69) is 5.32 Å². The summed E-state index contributed by atoms with van der Waals surface area (Å²) >= 11 is 0. The minimum Gasteiger partial charge on any atom is -0.481 e. The smallest absolute Gasteiger partial charge is 0.308 e. The molecule has 2 bridgehead atoms. The van der Waals surface area contributed by atoms with Gasteiger partial charge in [0, 0.05) is 12.0 Å². The minimum atomic E-state index is -0.716. The molecule has 1 amide bonds. The van der Waals surface area contributed by atoms with Gasteiger partial charge in [0.2, 0.25) is 5.91 Å². The number of hydrogen-bond acceptors (Lipinski definition) is 2. The second-order valence-electron chi connectivity index (χ2n) is 7.16. The fraction of sp³-hybridized carbons (Fsp3) is 0.867. The van der Waals surface area contributed by atoms with Crippen LogP contribution in [-0.4, -0.2) is 23.0 Å². The second kappa shape index (κ2) is 3.97. The summed E-state index contributed by atoms with van der Waals surface area (Å²) in [5.41, 5.74) is 0. The Labute approximate surface area is 112 Å². The van der Waals surface area contributed by atoms with E-state index in [1.807, 2.05) is 0 Å². The van der Waals surface area contributed by atoms with Gasteiger partial charge in [-0.2, -0.15) is 0 Å². The molecule has 0 aliphatic heterocycles. The molecule has 0 radical (unpaired) electrons. The summed E-state index contributed by atoms with van der Waals surface area (Å²) in [6.07, 6.45) is 6.51. The maximum atomic E-state index is 12.3. The molecule has 4 heteroatoms. The predicted octanol–water partition coefficient (Wildman–Crippen LogP) is 1.65. The molecule has 4 aliphatic rings. The summed E-state index contributed by atoms with van der Waals surface area (Å²) in [5, 5.41) is 12.5. The molecular formula is C15H21NO3. The first-order valence-electron chi connectivity index (χ1n) is 7.66. The van der Waals surface area contributed by atoms with Crippen LogP contribution in [0.15, 0.2) is 0 Å². The summed E-state index contributed by atoms with van der Waals surface area (Å²) in [5.74, 6) is 1.55. The van der Waals surface area contributed by atoms with Crippen LogP contribution < -0.4 is 5.32 Å². The molecule has 4 fully saturated rings. The fourth-order valence-electron chi connectivity index (χ4n) is 5.07. The number of aliphatic carboxylic acids is 1. The van der Waals surface area contributed by atoms with Crippen LogP contribution in [0.25, 0.3) is 0 Å². The van der Waals surface area contributed by atoms with Crippen LogP contribution in [0.5, 0.6) is 0 Å². The SMILES string of the molecule is O=C(NC1C2CCC(C2)C1C(=O)O)C1CC2CC2C1. The first kappa shape index (κ1) is 11.7. The number of carboxylic acid groups (broad SMARTS) is 1. The highest BCUT2D eigenvalue weighted by Crippen LogP contribution is 2.54. The van der Waals surface area contributed by atoms with Crippen LogP contribution >= 0.6 is 0 Å². The van der Waals surface area contributed by atoms with Crippen molar-refractivity contribution in [2.75, 3.05) is 0 Å². The molecular weight excluding hydrogens is 242 g/mol. The minimum absolute atomic E-state index is 0.0966. The molecule has 0 heterocycles. The Kier molecular flexibility index (Phi) is 2.45. The third kappa shape index (κ3) is 1.79. The highest BCUT2D eigenvalue weighted by Gasteiger charge is 2.53. The maximum absolute atomic E-state index is 12.3. The first-order valence-corrected chi connectivity index (χ1v) is 7.66. The van der Waals surface area contributed by atoms with E-state index in [0.717, 1.165) is 43.9 Å². The van der Waals surface area contributed by atoms with Crippen molar-refractivity contribution < 1.29 is 14.7 Å². The van der Waals surface area contributed by atoms with Gasteiger partial charge in [-0.25, -0.2) is 0 Å². The standard InChI is InChI=1S/C15H21NO3/c17-14(11-5-9-4-10(9)6-11)16-13-8-2-1-7(3-8)12(13)15(18)19/h7-13H,1-6H2,(H,16,17)(H,18,19). The largest absolute Gasteiger partial charge is 0.481 e. The van der Waals surface area contributed by atoms with E-state index in [9.17, 15) is 14.7 Å². The molecule has 6 atom stereocenters. The molecule has 104 valence electrons. The molecule has 2 N–H and O–H groups in total. The lowest BCUT2D eigenvalue weighted by Crippen LogP contribution is -2.48. The Morgan fingerprint density at radius 2 is 1.53 bits per heavy atom. The lowest BCUT2D eigenvalue weighted by atomic mass is 9.84. The zero-order chi connectivity index (χ0) is 13.1. The van der Waals surface area contributed by atoms with E-state index < -0.39 is 5.97 Å². The van der Waals surface area contributed by atoms with Gasteiger partial charge >= 0.3 is 5.97 Å². The fourth-order valence-corrected chi connectivity index (χ4v) is 5.07. The van der Waals surface area contributed by atoms with Crippen molar-refractivity contribution in [1.82, 2.24) is 5.32 Å². The Morgan fingerprint density at radius 3 is 2.21 bits per heavy atom. The van der Waals surface area contributed by atoms with Gasteiger partial charge in [0.1, 0.15) is 0 Å². The highest BCUT2D eigenvalue weighted by atomic mass is 16.4. The molecule has 0 saturated heterocycles. The zero-order valence-electron chi connectivity index (χ0n) is 11.0. The van der Waals surface area contributed by atoms with Crippen LogP contribution in [-0.2, 0) is 9.59 Å². The van der Waals surface area contributed by atoms with E-state index in [4.69, 9.17) is 0 Å². The number of amides is 1. The van der Waals surface area contributed by atoms with Crippen LogP contribution in [0, 0.1) is 35.5 Å². The number of carbonyl (C=O) groups is 2. The van der Waals surface area contributed by atoms with Gasteiger partial charge in [-0.15, -0.1) is 0 Å². The number of nitrogens with one attached hydrogen (secondary N) is 1.